The fourth-order valence-corrected chi connectivity index (χ4v) is 3.40. The van der Waals surface area contributed by atoms with Crippen molar-refractivity contribution in [2.45, 2.75) is 44.2 Å². The molecule has 0 unspecified atom stereocenters. The Labute approximate surface area is 116 Å². The lowest BCUT2D eigenvalue weighted by molar-refractivity contribution is 0.164. The van der Waals surface area contributed by atoms with Crippen molar-refractivity contribution >= 4 is 5.57 Å². The zero-order valence-corrected chi connectivity index (χ0v) is 11.6. The Morgan fingerprint density at radius 3 is 2.37 bits per heavy atom. The topological polar surface area (TPSA) is 29.3 Å². The summed E-state index contributed by atoms with van der Waals surface area (Å²) in [5.74, 6) is 0. The Kier molecular flexibility index (Phi) is 4.00. The minimum Gasteiger partial charge on any atom is -0.328 e. The molecule has 1 saturated carbocycles. The summed E-state index contributed by atoms with van der Waals surface area (Å²) in [5.41, 5.74) is 8.91. The van der Waals surface area contributed by atoms with Crippen molar-refractivity contribution in [3.05, 3.63) is 42.0 Å². The van der Waals surface area contributed by atoms with Gasteiger partial charge in [-0.2, -0.15) is 0 Å². The molecule has 3 rings (SSSR count). The van der Waals surface area contributed by atoms with Crippen LogP contribution in [0.2, 0.25) is 0 Å². The van der Waals surface area contributed by atoms with Gasteiger partial charge in [0.05, 0.1) is 0 Å². The van der Waals surface area contributed by atoms with Gasteiger partial charge in [0.1, 0.15) is 0 Å². The highest BCUT2D eigenvalue weighted by atomic mass is 15.2. The maximum atomic E-state index is 5.99. The summed E-state index contributed by atoms with van der Waals surface area (Å²) in [7, 11) is 0. The molecule has 2 aliphatic rings. The first-order valence-electron chi connectivity index (χ1n) is 7.57. The highest BCUT2D eigenvalue weighted by molar-refractivity contribution is 5.66. The van der Waals surface area contributed by atoms with Gasteiger partial charge in [0.15, 0.2) is 0 Å². The van der Waals surface area contributed by atoms with Crippen LogP contribution in [0.3, 0.4) is 0 Å². The van der Waals surface area contributed by atoms with Gasteiger partial charge in [-0.1, -0.05) is 36.4 Å². The Hall–Kier alpha value is -1.12. The van der Waals surface area contributed by atoms with Crippen LogP contribution >= 0.6 is 0 Å². The van der Waals surface area contributed by atoms with Crippen LogP contribution in [0, 0.1) is 0 Å². The van der Waals surface area contributed by atoms with Crippen molar-refractivity contribution in [3.8, 4) is 0 Å². The van der Waals surface area contributed by atoms with Crippen LogP contribution in [0.1, 0.15) is 37.7 Å². The summed E-state index contributed by atoms with van der Waals surface area (Å²) in [6.45, 7) is 2.32. The smallest absolute Gasteiger partial charge is 0.0172 e. The maximum absolute atomic E-state index is 5.99. The number of rotatable bonds is 2. The summed E-state index contributed by atoms with van der Waals surface area (Å²) in [5, 5.41) is 0. The highest BCUT2D eigenvalue weighted by Crippen LogP contribution is 2.27. The lowest BCUT2D eigenvalue weighted by Gasteiger charge is -2.37. The van der Waals surface area contributed by atoms with Crippen LogP contribution < -0.4 is 5.73 Å². The van der Waals surface area contributed by atoms with Gasteiger partial charge >= 0.3 is 0 Å². The summed E-state index contributed by atoms with van der Waals surface area (Å²) >= 11 is 0. The molecule has 1 heterocycles. The Balaban J connectivity index is 1.61. The van der Waals surface area contributed by atoms with E-state index in [0.717, 1.165) is 12.6 Å². The predicted molar refractivity (Wildman–Crippen MR) is 80.8 cm³/mol. The molecule has 1 aromatic rings. The fraction of sp³-hybridized carbons (Fsp3) is 0.529. The third kappa shape index (κ3) is 3.07. The van der Waals surface area contributed by atoms with Crippen LogP contribution in [0.15, 0.2) is 36.4 Å². The van der Waals surface area contributed by atoms with Crippen LogP contribution in [0.4, 0.5) is 0 Å². The van der Waals surface area contributed by atoms with E-state index in [2.05, 4.69) is 41.3 Å². The van der Waals surface area contributed by atoms with Gasteiger partial charge in [0.2, 0.25) is 0 Å². The summed E-state index contributed by atoms with van der Waals surface area (Å²) in [6, 6.07) is 12.0. The molecule has 0 atom stereocenters. The van der Waals surface area contributed by atoms with Gasteiger partial charge in [-0.15, -0.1) is 0 Å². The second-order valence-corrected chi connectivity index (χ2v) is 5.91. The third-order valence-electron chi connectivity index (χ3n) is 4.64. The lowest BCUT2D eigenvalue weighted by Crippen LogP contribution is -2.42. The highest BCUT2D eigenvalue weighted by Gasteiger charge is 2.25. The molecule has 0 bridgehead atoms. The van der Waals surface area contributed by atoms with Gasteiger partial charge in [-0.3, -0.25) is 4.90 Å². The van der Waals surface area contributed by atoms with Crippen LogP contribution in [0.25, 0.3) is 5.57 Å². The second kappa shape index (κ2) is 5.89. The Bertz CT molecular complexity index is 430. The number of hydrogen-bond donors (Lipinski definition) is 1. The van der Waals surface area contributed by atoms with Gasteiger partial charge in [0.25, 0.3) is 0 Å². The number of nitrogens with two attached hydrogens (primary N) is 1. The van der Waals surface area contributed by atoms with Crippen LogP contribution in [-0.2, 0) is 0 Å². The zero-order valence-electron chi connectivity index (χ0n) is 11.6. The van der Waals surface area contributed by atoms with Crippen molar-refractivity contribution < 1.29 is 0 Å². The molecule has 2 N–H and O–H groups in total. The monoisotopic (exact) mass is 256 g/mol. The van der Waals surface area contributed by atoms with Crippen molar-refractivity contribution in [1.82, 2.24) is 4.90 Å². The quantitative estimate of drug-likeness (QED) is 0.881. The Morgan fingerprint density at radius 1 is 1.00 bits per heavy atom. The van der Waals surface area contributed by atoms with Crippen molar-refractivity contribution in [2.75, 3.05) is 13.1 Å². The average Bonchev–Trinajstić information content (AvgIpc) is 2.49. The fourth-order valence-electron chi connectivity index (χ4n) is 3.40. The van der Waals surface area contributed by atoms with Crippen molar-refractivity contribution in [3.63, 3.8) is 0 Å². The first kappa shape index (κ1) is 12.9. The summed E-state index contributed by atoms with van der Waals surface area (Å²) in [6.07, 6.45) is 8.60. The molecule has 2 nitrogen and oxygen atoms in total. The van der Waals surface area contributed by atoms with Gasteiger partial charge in [0, 0.05) is 25.2 Å². The molecule has 0 aromatic heterocycles. The molecule has 0 amide bonds. The molecular formula is C17H24N2. The van der Waals surface area contributed by atoms with Crippen LogP contribution in [0.5, 0.6) is 0 Å². The van der Waals surface area contributed by atoms with E-state index in [1.54, 1.807) is 0 Å². The average molecular weight is 256 g/mol. The molecule has 19 heavy (non-hydrogen) atoms. The van der Waals surface area contributed by atoms with E-state index in [1.807, 2.05) is 0 Å². The minimum atomic E-state index is 0.455. The molecule has 1 fully saturated rings. The van der Waals surface area contributed by atoms with Crippen molar-refractivity contribution in [1.29, 1.82) is 0 Å². The van der Waals surface area contributed by atoms with E-state index in [1.165, 1.54) is 49.8 Å². The maximum Gasteiger partial charge on any atom is 0.0172 e. The van der Waals surface area contributed by atoms with E-state index in [4.69, 9.17) is 5.73 Å². The van der Waals surface area contributed by atoms with Crippen LogP contribution in [-0.4, -0.2) is 30.1 Å². The van der Waals surface area contributed by atoms with E-state index in [0.29, 0.717) is 6.04 Å². The number of hydrogen-bond acceptors (Lipinski definition) is 2. The van der Waals surface area contributed by atoms with E-state index in [9.17, 15) is 0 Å². The molecule has 1 aliphatic heterocycles. The summed E-state index contributed by atoms with van der Waals surface area (Å²) < 4.78 is 0. The molecule has 0 saturated heterocycles. The molecule has 1 aromatic carbocycles. The molecule has 2 heteroatoms. The summed E-state index contributed by atoms with van der Waals surface area (Å²) in [4.78, 5) is 2.65. The second-order valence-electron chi connectivity index (χ2n) is 5.91. The number of benzene rings is 1. The molecule has 0 spiro atoms. The molecule has 102 valence electrons. The lowest BCUT2D eigenvalue weighted by atomic mass is 9.89. The van der Waals surface area contributed by atoms with Crippen molar-refractivity contribution in [2.24, 2.45) is 5.73 Å². The zero-order chi connectivity index (χ0) is 13.1. The molecule has 0 radical (unpaired) electrons. The minimum absolute atomic E-state index is 0.455. The SMILES string of the molecule is N[C@H]1CC[C@H](N2CC=C(c3ccccc3)CC2)CC1. The standard InChI is InChI=1S/C17H24N2/c18-16-6-8-17(9-7-16)19-12-10-15(11-13-19)14-4-2-1-3-5-14/h1-5,10,16-17H,6-9,11-13,18H2/t16-,17-. The first-order valence-corrected chi connectivity index (χ1v) is 7.57. The normalized spacial score (nSPS) is 29.0. The van der Waals surface area contributed by atoms with E-state index < -0.39 is 0 Å². The van der Waals surface area contributed by atoms with E-state index >= 15 is 0 Å². The first-order chi connectivity index (χ1) is 9.33. The Morgan fingerprint density at radius 2 is 1.74 bits per heavy atom. The molecular weight excluding hydrogens is 232 g/mol. The third-order valence-corrected chi connectivity index (χ3v) is 4.64. The van der Waals surface area contributed by atoms with Gasteiger partial charge in [-0.25, -0.2) is 0 Å². The largest absolute Gasteiger partial charge is 0.328 e. The number of nitrogens with zero attached hydrogens (tertiary/aromatic N) is 1. The predicted octanol–water partition coefficient (Wildman–Crippen LogP) is 3.05. The van der Waals surface area contributed by atoms with Gasteiger partial charge < -0.3 is 5.73 Å². The molecule has 1 aliphatic carbocycles. The van der Waals surface area contributed by atoms with E-state index in [-0.39, 0.29) is 0 Å². The van der Waals surface area contributed by atoms with Gasteiger partial charge in [-0.05, 0) is 43.2 Å².